The molecule has 1 aliphatic heterocycles. The fourth-order valence-electron chi connectivity index (χ4n) is 2.61. The molecular formula is C16H18N4O3. The normalized spacial score (nSPS) is 17.9. The van der Waals surface area contributed by atoms with Gasteiger partial charge in [-0.2, -0.15) is 0 Å². The molecule has 0 amide bonds. The van der Waals surface area contributed by atoms with Gasteiger partial charge in [-0.3, -0.25) is 4.98 Å². The molecule has 7 nitrogen and oxygen atoms in total. The lowest BCUT2D eigenvalue weighted by Crippen LogP contribution is -2.40. The van der Waals surface area contributed by atoms with E-state index in [1.807, 2.05) is 23.1 Å². The first kappa shape index (κ1) is 15.4. The highest BCUT2D eigenvalue weighted by molar-refractivity contribution is 5.86. The van der Waals surface area contributed by atoms with E-state index >= 15 is 0 Å². The van der Waals surface area contributed by atoms with Crippen LogP contribution in [0.2, 0.25) is 0 Å². The average molecular weight is 314 g/mol. The highest BCUT2D eigenvalue weighted by atomic mass is 16.5. The Labute approximate surface area is 134 Å². The first-order valence-electron chi connectivity index (χ1n) is 7.54. The van der Waals surface area contributed by atoms with E-state index in [1.54, 1.807) is 6.20 Å². The number of aromatic nitrogens is 3. The van der Waals surface area contributed by atoms with Gasteiger partial charge >= 0.3 is 5.97 Å². The van der Waals surface area contributed by atoms with E-state index in [0.29, 0.717) is 19.0 Å². The molecule has 2 aromatic heterocycles. The van der Waals surface area contributed by atoms with Crippen molar-refractivity contribution in [1.82, 2.24) is 15.0 Å². The Bertz CT molecular complexity index is 665. The average Bonchev–Trinajstić information content (AvgIpc) is 2.61. The second kappa shape index (κ2) is 7.15. The number of pyridine rings is 1. The predicted octanol–water partition coefficient (Wildman–Crippen LogP) is 1.76. The van der Waals surface area contributed by atoms with E-state index in [4.69, 9.17) is 9.84 Å². The molecule has 1 atom stereocenters. The Morgan fingerprint density at radius 2 is 2.26 bits per heavy atom. The number of hydrogen-bond donors (Lipinski definition) is 1. The largest absolute Gasteiger partial charge is 0.477 e. The molecule has 2 aromatic rings. The monoisotopic (exact) mass is 314 g/mol. The number of piperidine rings is 1. The van der Waals surface area contributed by atoms with Gasteiger partial charge in [-0.25, -0.2) is 14.8 Å². The van der Waals surface area contributed by atoms with Gasteiger partial charge in [0.05, 0.1) is 18.4 Å². The number of aromatic carboxylic acids is 1. The first-order chi connectivity index (χ1) is 11.2. The molecule has 1 unspecified atom stereocenters. The summed E-state index contributed by atoms with van der Waals surface area (Å²) in [6.45, 7) is 1.99. The van der Waals surface area contributed by atoms with Gasteiger partial charge in [-0.1, -0.05) is 6.07 Å². The van der Waals surface area contributed by atoms with Crippen LogP contribution in [0.1, 0.15) is 29.0 Å². The van der Waals surface area contributed by atoms with Crippen molar-refractivity contribution in [3.63, 3.8) is 0 Å². The van der Waals surface area contributed by atoms with Gasteiger partial charge in [0.2, 0.25) is 0 Å². The third-order valence-electron chi connectivity index (χ3n) is 3.77. The van der Waals surface area contributed by atoms with E-state index in [0.717, 1.165) is 25.1 Å². The second-order valence-corrected chi connectivity index (χ2v) is 5.41. The summed E-state index contributed by atoms with van der Waals surface area (Å²) >= 11 is 0. The van der Waals surface area contributed by atoms with Crippen molar-refractivity contribution < 1.29 is 14.6 Å². The predicted molar refractivity (Wildman–Crippen MR) is 83.3 cm³/mol. The van der Waals surface area contributed by atoms with Crippen molar-refractivity contribution >= 4 is 11.8 Å². The van der Waals surface area contributed by atoms with E-state index in [-0.39, 0.29) is 11.8 Å². The molecule has 1 saturated heterocycles. The molecule has 0 aromatic carbocycles. The van der Waals surface area contributed by atoms with Crippen LogP contribution in [0.25, 0.3) is 0 Å². The Morgan fingerprint density at radius 3 is 3.04 bits per heavy atom. The number of nitrogens with zero attached hydrogens (tertiary/aromatic N) is 4. The summed E-state index contributed by atoms with van der Waals surface area (Å²) in [6.07, 6.45) is 5.06. The third kappa shape index (κ3) is 4.01. The van der Waals surface area contributed by atoms with Crippen LogP contribution in [0.4, 0.5) is 5.82 Å². The summed E-state index contributed by atoms with van der Waals surface area (Å²) in [5.41, 5.74) is 0.909. The smallest absolute Gasteiger partial charge is 0.354 e. The van der Waals surface area contributed by atoms with Crippen molar-refractivity contribution in [3.05, 3.63) is 48.2 Å². The zero-order valence-corrected chi connectivity index (χ0v) is 12.6. The summed E-state index contributed by atoms with van der Waals surface area (Å²) < 4.78 is 5.93. The number of rotatable bonds is 5. The topological polar surface area (TPSA) is 88.4 Å². The molecule has 0 aliphatic carbocycles. The van der Waals surface area contributed by atoms with Crippen molar-refractivity contribution in [2.45, 2.75) is 25.6 Å². The molecule has 7 heteroatoms. The van der Waals surface area contributed by atoms with Crippen molar-refractivity contribution in [1.29, 1.82) is 0 Å². The maximum atomic E-state index is 11.0. The molecule has 1 fully saturated rings. The second-order valence-electron chi connectivity index (χ2n) is 5.41. The number of ether oxygens (including phenoxy) is 1. The van der Waals surface area contributed by atoms with Crippen LogP contribution in [0.15, 0.2) is 36.8 Å². The van der Waals surface area contributed by atoms with Crippen molar-refractivity contribution in [2.24, 2.45) is 0 Å². The number of hydrogen-bond acceptors (Lipinski definition) is 6. The summed E-state index contributed by atoms with van der Waals surface area (Å²) in [4.78, 5) is 25.2. The standard InChI is InChI=1S/C16H18N4O3/c21-16(22)14-8-15(19-11-18-14)20-7-3-5-13(9-20)23-10-12-4-1-2-6-17-12/h1-2,4,6,8,11,13H,3,5,7,9-10H2,(H,21,22). The lowest BCUT2D eigenvalue weighted by Gasteiger charge is -2.33. The van der Waals surface area contributed by atoms with Crippen LogP contribution in [-0.4, -0.2) is 45.2 Å². The number of carboxylic acid groups (broad SMARTS) is 1. The highest BCUT2D eigenvalue weighted by Gasteiger charge is 2.22. The summed E-state index contributed by atoms with van der Waals surface area (Å²) in [7, 11) is 0. The molecule has 0 spiro atoms. The quantitative estimate of drug-likeness (QED) is 0.899. The van der Waals surface area contributed by atoms with Gasteiger partial charge in [0.25, 0.3) is 0 Å². The Balaban J connectivity index is 1.62. The van der Waals surface area contributed by atoms with Gasteiger partial charge in [0.15, 0.2) is 5.69 Å². The van der Waals surface area contributed by atoms with Gasteiger partial charge in [0, 0.05) is 25.4 Å². The minimum absolute atomic E-state index is 0.00604. The summed E-state index contributed by atoms with van der Waals surface area (Å²) in [5, 5.41) is 9.03. The van der Waals surface area contributed by atoms with Gasteiger partial charge in [-0.05, 0) is 25.0 Å². The molecule has 120 valence electrons. The first-order valence-corrected chi connectivity index (χ1v) is 7.54. The molecule has 23 heavy (non-hydrogen) atoms. The Morgan fingerprint density at radius 1 is 1.35 bits per heavy atom. The van der Waals surface area contributed by atoms with E-state index in [2.05, 4.69) is 15.0 Å². The Kier molecular flexibility index (Phi) is 4.77. The molecule has 1 aliphatic rings. The zero-order chi connectivity index (χ0) is 16.1. The van der Waals surface area contributed by atoms with Crippen LogP contribution in [0.3, 0.4) is 0 Å². The van der Waals surface area contributed by atoms with E-state index in [1.165, 1.54) is 12.4 Å². The number of carboxylic acids is 1. The third-order valence-corrected chi connectivity index (χ3v) is 3.77. The molecule has 0 radical (unpaired) electrons. The molecule has 0 saturated carbocycles. The molecule has 3 rings (SSSR count). The molecule has 3 heterocycles. The fourth-order valence-corrected chi connectivity index (χ4v) is 2.61. The number of carbonyl (C=O) groups is 1. The maximum Gasteiger partial charge on any atom is 0.354 e. The fraction of sp³-hybridized carbons (Fsp3) is 0.375. The minimum atomic E-state index is -1.05. The minimum Gasteiger partial charge on any atom is -0.477 e. The number of anilines is 1. The van der Waals surface area contributed by atoms with Crippen molar-refractivity contribution in [2.75, 3.05) is 18.0 Å². The molecule has 1 N–H and O–H groups in total. The Hall–Kier alpha value is -2.54. The lowest BCUT2D eigenvalue weighted by atomic mass is 10.1. The highest BCUT2D eigenvalue weighted by Crippen LogP contribution is 2.20. The van der Waals surface area contributed by atoms with Gasteiger partial charge in [-0.15, -0.1) is 0 Å². The van der Waals surface area contributed by atoms with Crippen LogP contribution < -0.4 is 4.90 Å². The van der Waals surface area contributed by atoms with Crippen LogP contribution in [0, 0.1) is 0 Å². The summed E-state index contributed by atoms with van der Waals surface area (Å²) in [5.74, 6) is -0.419. The maximum absolute atomic E-state index is 11.0. The van der Waals surface area contributed by atoms with E-state index < -0.39 is 5.97 Å². The van der Waals surface area contributed by atoms with E-state index in [9.17, 15) is 4.79 Å². The van der Waals surface area contributed by atoms with Gasteiger partial charge in [0.1, 0.15) is 12.1 Å². The van der Waals surface area contributed by atoms with Crippen LogP contribution in [0.5, 0.6) is 0 Å². The summed E-state index contributed by atoms with van der Waals surface area (Å²) in [6, 6.07) is 7.25. The zero-order valence-electron chi connectivity index (χ0n) is 12.6. The molecular weight excluding hydrogens is 296 g/mol. The van der Waals surface area contributed by atoms with Crippen molar-refractivity contribution in [3.8, 4) is 0 Å². The van der Waals surface area contributed by atoms with Crippen LogP contribution in [-0.2, 0) is 11.3 Å². The molecule has 0 bridgehead atoms. The lowest BCUT2D eigenvalue weighted by molar-refractivity contribution is 0.0297. The van der Waals surface area contributed by atoms with Crippen LogP contribution >= 0.6 is 0 Å². The SMILES string of the molecule is O=C(O)c1cc(N2CCCC(OCc3ccccn3)C2)ncn1. The van der Waals surface area contributed by atoms with Gasteiger partial charge < -0.3 is 14.7 Å².